The van der Waals surface area contributed by atoms with Crippen LogP contribution in [0, 0.1) is 5.41 Å². The third-order valence-electron chi connectivity index (χ3n) is 1.78. The SMILES string of the molecule is CC(C)(C)CC(NC(=O)OC(C)(C)C)C(=O)F. The van der Waals surface area contributed by atoms with Gasteiger partial charge in [0.05, 0.1) is 0 Å². The summed E-state index contributed by atoms with van der Waals surface area (Å²) in [4.78, 5) is 22.2. The minimum atomic E-state index is -1.55. The molecule has 100 valence electrons. The normalized spacial score (nSPS) is 14.1. The van der Waals surface area contributed by atoms with E-state index in [1.807, 2.05) is 20.8 Å². The Labute approximate surface area is 102 Å². The Morgan fingerprint density at radius 2 is 1.65 bits per heavy atom. The summed E-state index contributed by atoms with van der Waals surface area (Å²) in [5.41, 5.74) is -0.933. The molecule has 4 nitrogen and oxygen atoms in total. The monoisotopic (exact) mass is 247 g/mol. The maximum absolute atomic E-state index is 12.8. The lowest BCUT2D eigenvalue weighted by Crippen LogP contribution is -2.44. The quantitative estimate of drug-likeness (QED) is 0.780. The second-order valence-corrected chi connectivity index (χ2v) is 6.27. The summed E-state index contributed by atoms with van der Waals surface area (Å²) in [6, 6.07) is -2.70. The zero-order valence-electron chi connectivity index (χ0n) is 11.4. The lowest BCUT2D eigenvalue weighted by atomic mass is 9.88. The molecule has 1 unspecified atom stereocenters. The third kappa shape index (κ3) is 8.65. The van der Waals surface area contributed by atoms with Crippen LogP contribution in [-0.4, -0.2) is 23.8 Å². The van der Waals surface area contributed by atoms with Gasteiger partial charge < -0.3 is 10.1 Å². The van der Waals surface area contributed by atoms with Gasteiger partial charge in [-0.1, -0.05) is 20.8 Å². The van der Waals surface area contributed by atoms with Crippen LogP contribution < -0.4 is 5.32 Å². The first-order valence-electron chi connectivity index (χ1n) is 5.59. The molecular formula is C12H22FNO3. The van der Waals surface area contributed by atoms with Crippen LogP contribution in [0.2, 0.25) is 0 Å². The summed E-state index contributed by atoms with van der Waals surface area (Å²) in [5, 5.41) is 2.24. The van der Waals surface area contributed by atoms with Crippen molar-refractivity contribution in [1.29, 1.82) is 0 Å². The second kappa shape index (κ2) is 5.47. The average molecular weight is 247 g/mol. The van der Waals surface area contributed by atoms with Crippen molar-refractivity contribution in [2.75, 3.05) is 0 Å². The van der Waals surface area contributed by atoms with Crippen LogP contribution in [0.3, 0.4) is 0 Å². The molecule has 0 spiro atoms. The number of halogens is 1. The van der Waals surface area contributed by atoms with Gasteiger partial charge in [-0.15, -0.1) is 0 Å². The first kappa shape index (κ1) is 15.9. The molecule has 5 heteroatoms. The molecule has 0 bridgehead atoms. The molecule has 0 aliphatic carbocycles. The van der Waals surface area contributed by atoms with E-state index in [4.69, 9.17) is 4.74 Å². The average Bonchev–Trinajstić information content (AvgIpc) is 1.95. The maximum atomic E-state index is 12.8. The van der Waals surface area contributed by atoms with Crippen molar-refractivity contribution in [3.63, 3.8) is 0 Å². The van der Waals surface area contributed by atoms with Gasteiger partial charge in [0.1, 0.15) is 11.6 Å². The van der Waals surface area contributed by atoms with Crippen LogP contribution >= 0.6 is 0 Å². The molecule has 0 fully saturated rings. The van der Waals surface area contributed by atoms with Crippen LogP contribution in [0.25, 0.3) is 0 Å². The topological polar surface area (TPSA) is 55.4 Å². The fraction of sp³-hybridized carbons (Fsp3) is 0.833. The molecule has 0 saturated carbocycles. The van der Waals surface area contributed by atoms with Crippen molar-refractivity contribution in [2.24, 2.45) is 5.41 Å². The lowest BCUT2D eigenvalue weighted by Gasteiger charge is -2.25. The molecule has 0 aromatic carbocycles. The summed E-state index contributed by atoms with van der Waals surface area (Å²) in [5.74, 6) is 0. The highest BCUT2D eigenvalue weighted by Gasteiger charge is 2.28. The largest absolute Gasteiger partial charge is 0.444 e. The van der Waals surface area contributed by atoms with Gasteiger partial charge in [-0.25, -0.2) is 4.79 Å². The molecule has 0 radical (unpaired) electrons. The van der Waals surface area contributed by atoms with Gasteiger partial charge in [0.2, 0.25) is 0 Å². The van der Waals surface area contributed by atoms with E-state index in [1.54, 1.807) is 20.8 Å². The van der Waals surface area contributed by atoms with Gasteiger partial charge in [0.15, 0.2) is 0 Å². The van der Waals surface area contributed by atoms with Gasteiger partial charge in [0, 0.05) is 0 Å². The van der Waals surface area contributed by atoms with Crippen molar-refractivity contribution < 1.29 is 18.7 Å². The van der Waals surface area contributed by atoms with Crippen LogP contribution in [0.4, 0.5) is 9.18 Å². The van der Waals surface area contributed by atoms with Crippen molar-refractivity contribution in [3.05, 3.63) is 0 Å². The van der Waals surface area contributed by atoms with E-state index in [0.29, 0.717) is 0 Å². The van der Waals surface area contributed by atoms with E-state index in [1.165, 1.54) is 0 Å². The number of carbonyl (C=O) groups excluding carboxylic acids is 2. The number of hydrogen-bond acceptors (Lipinski definition) is 3. The highest BCUT2D eigenvalue weighted by Crippen LogP contribution is 2.21. The minimum absolute atomic E-state index is 0.224. The summed E-state index contributed by atoms with van der Waals surface area (Å²) in [6.07, 6.45) is -0.556. The Kier molecular flexibility index (Phi) is 5.11. The van der Waals surface area contributed by atoms with E-state index in [0.717, 1.165) is 0 Å². The van der Waals surface area contributed by atoms with Crippen molar-refractivity contribution >= 4 is 12.1 Å². The number of amides is 1. The van der Waals surface area contributed by atoms with Crippen LogP contribution in [0.1, 0.15) is 48.0 Å². The molecular weight excluding hydrogens is 225 g/mol. The first-order valence-corrected chi connectivity index (χ1v) is 5.59. The Bertz CT molecular complexity index is 289. The fourth-order valence-corrected chi connectivity index (χ4v) is 1.25. The summed E-state index contributed by atoms with van der Waals surface area (Å²) >= 11 is 0. The van der Waals surface area contributed by atoms with Gasteiger partial charge in [-0.05, 0) is 32.6 Å². The van der Waals surface area contributed by atoms with Gasteiger partial charge in [-0.3, -0.25) is 4.79 Å². The van der Waals surface area contributed by atoms with Gasteiger partial charge >= 0.3 is 12.1 Å². The second-order valence-electron chi connectivity index (χ2n) is 6.27. The highest BCUT2D eigenvalue weighted by molar-refractivity contribution is 5.80. The Morgan fingerprint density at radius 3 is 1.94 bits per heavy atom. The van der Waals surface area contributed by atoms with Crippen molar-refractivity contribution in [1.82, 2.24) is 5.32 Å². The minimum Gasteiger partial charge on any atom is -0.444 e. The number of ether oxygens (including phenoxy) is 1. The molecule has 0 aliphatic rings. The van der Waals surface area contributed by atoms with E-state index >= 15 is 0 Å². The van der Waals surface area contributed by atoms with Gasteiger partial charge in [0.25, 0.3) is 0 Å². The molecule has 0 saturated heterocycles. The van der Waals surface area contributed by atoms with Crippen LogP contribution in [-0.2, 0) is 9.53 Å². The van der Waals surface area contributed by atoms with E-state index in [-0.39, 0.29) is 11.8 Å². The standard InChI is InChI=1S/C12H22FNO3/c1-11(2,3)7-8(9(13)15)14-10(16)17-12(4,5)6/h8H,7H2,1-6H3,(H,14,16). The number of hydrogen-bond donors (Lipinski definition) is 1. The molecule has 0 aromatic heterocycles. The number of alkyl carbamates (subject to hydrolysis) is 1. The van der Waals surface area contributed by atoms with Gasteiger partial charge in [-0.2, -0.15) is 4.39 Å². The Balaban J connectivity index is 4.47. The maximum Gasteiger partial charge on any atom is 0.408 e. The van der Waals surface area contributed by atoms with E-state index in [2.05, 4.69) is 5.32 Å². The van der Waals surface area contributed by atoms with Crippen LogP contribution in [0.5, 0.6) is 0 Å². The first-order chi connectivity index (χ1) is 7.41. The summed E-state index contributed by atoms with van der Waals surface area (Å²) < 4.78 is 17.7. The number of rotatable bonds is 3. The Morgan fingerprint density at radius 1 is 1.18 bits per heavy atom. The van der Waals surface area contributed by atoms with Crippen molar-refractivity contribution in [3.8, 4) is 0 Å². The van der Waals surface area contributed by atoms with Crippen molar-refractivity contribution in [2.45, 2.75) is 59.6 Å². The smallest absolute Gasteiger partial charge is 0.408 e. The molecule has 1 N–H and O–H groups in total. The molecule has 1 amide bonds. The third-order valence-corrected chi connectivity index (χ3v) is 1.78. The van der Waals surface area contributed by atoms with E-state index < -0.39 is 23.8 Å². The molecule has 0 heterocycles. The van der Waals surface area contributed by atoms with E-state index in [9.17, 15) is 14.0 Å². The fourth-order valence-electron chi connectivity index (χ4n) is 1.25. The zero-order valence-corrected chi connectivity index (χ0v) is 11.4. The Hall–Kier alpha value is -1.13. The molecule has 0 aliphatic heterocycles. The predicted molar refractivity (Wildman–Crippen MR) is 63.3 cm³/mol. The number of carbonyl (C=O) groups is 2. The zero-order chi connectivity index (χ0) is 13.9. The molecule has 1 atom stereocenters. The molecule has 0 aromatic rings. The molecule has 17 heavy (non-hydrogen) atoms. The summed E-state index contributed by atoms with van der Waals surface area (Å²) in [6.45, 7) is 10.7. The predicted octanol–water partition coefficient (Wildman–Crippen LogP) is 2.81. The van der Waals surface area contributed by atoms with Crippen LogP contribution in [0.15, 0.2) is 0 Å². The number of nitrogens with one attached hydrogen (secondary N) is 1. The summed E-state index contributed by atoms with van der Waals surface area (Å²) in [7, 11) is 0. The molecule has 0 rings (SSSR count). The lowest BCUT2D eigenvalue weighted by molar-refractivity contribution is -0.132. The highest BCUT2D eigenvalue weighted by atomic mass is 19.1.